The Bertz CT molecular complexity index is 1510. The molecule has 0 saturated carbocycles. The molecular weight excluding hydrogens is 494 g/mol. The van der Waals surface area contributed by atoms with Crippen LogP contribution in [0.5, 0.6) is 11.5 Å². The molecule has 2 aliphatic carbocycles. The molecule has 8 nitrogen and oxygen atoms in total. The van der Waals surface area contributed by atoms with E-state index in [2.05, 4.69) is 24.0 Å². The van der Waals surface area contributed by atoms with Gasteiger partial charge in [-0.3, -0.25) is 0 Å². The van der Waals surface area contributed by atoms with Crippen LogP contribution in [0.25, 0.3) is 25.8 Å². The molecule has 0 bridgehead atoms. The van der Waals surface area contributed by atoms with Gasteiger partial charge in [0.05, 0.1) is 17.7 Å². The molecule has 0 N–H and O–H groups in total. The Morgan fingerprint density at radius 3 is 1.67 bits per heavy atom. The van der Waals surface area contributed by atoms with Crippen molar-refractivity contribution in [1.82, 2.24) is 0 Å². The van der Waals surface area contributed by atoms with Gasteiger partial charge in [0.25, 0.3) is 0 Å². The number of ether oxygens (including phenoxy) is 2. The lowest BCUT2D eigenvalue weighted by Gasteiger charge is -2.18. The summed E-state index contributed by atoms with van der Waals surface area (Å²) in [6.07, 6.45) is -12.4. The second kappa shape index (κ2) is 8.73. The van der Waals surface area contributed by atoms with Crippen molar-refractivity contribution >= 4 is 11.3 Å². The maximum Gasteiger partial charge on any atom is 0.573 e. The highest BCUT2D eigenvalue weighted by Gasteiger charge is 2.43. The molecule has 176 valence electrons. The first-order valence-electron chi connectivity index (χ1n) is 9.13. The van der Waals surface area contributed by atoms with E-state index in [9.17, 15) is 42.1 Å². The van der Waals surface area contributed by atoms with E-state index in [4.69, 9.17) is 19.7 Å². The SMILES string of the molecule is [C-]#[N+]C([N+]#[C-])=C1Cc2c(OC(F)(F)F)c3c(c(OC(F)(F)F)c2=C1[N+]#[C-])CC(=C(C#N)C#N)C=3C#N. The third kappa shape index (κ3) is 4.12. The molecule has 0 aliphatic heterocycles. The van der Waals surface area contributed by atoms with E-state index < -0.39 is 92.4 Å². The van der Waals surface area contributed by atoms with Gasteiger partial charge in [-0.25, -0.2) is 4.85 Å². The molecule has 0 amide bonds. The highest BCUT2D eigenvalue weighted by atomic mass is 19.4. The minimum absolute atomic E-state index is 0.447. The van der Waals surface area contributed by atoms with Gasteiger partial charge in [-0.2, -0.15) is 25.5 Å². The molecule has 2 aliphatic rings. The number of allylic oxidation sites excluding steroid dienone is 2. The Morgan fingerprint density at radius 1 is 0.778 bits per heavy atom. The number of fused-ring (bicyclic) bond motifs is 2. The van der Waals surface area contributed by atoms with Gasteiger partial charge in [-0.05, 0) is 12.0 Å². The van der Waals surface area contributed by atoms with Gasteiger partial charge < -0.3 is 9.47 Å². The fraction of sp³-hybridized carbons (Fsp3) is 0.182. The normalized spacial score (nSPS) is 13.8. The number of benzene rings is 1. The van der Waals surface area contributed by atoms with Crippen LogP contribution in [0.4, 0.5) is 26.3 Å². The Balaban J connectivity index is 2.73. The zero-order chi connectivity index (χ0) is 27.0. The first-order valence-corrected chi connectivity index (χ1v) is 9.13. The first kappa shape index (κ1) is 25.2. The maximum absolute atomic E-state index is 13.4. The molecule has 0 fully saturated rings. The molecule has 14 heteroatoms. The molecule has 0 heterocycles. The van der Waals surface area contributed by atoms with Crippen LogP contribution < -0.4 is 19.9 Å². The molecule has 3 rings (SSSR count). The van der Waals surface area contributed by atoms with E-state index >= 15 is 0 Å². The van der Waals surface area contributed by atoms with Crippen LogP contribution >= 0.6 is 0 Å². The Morgan fingerprint density at radius 2 is 1.25 bits per heavy atom. The van der Waals surface area contributed by atoms with Gasteiger partial charge in [0.2, 0.25) is 0 Å². The van der Waals surface area contributed by atoms with Crippen LogP contribution in [0.2, 0.25) is 0 Å². The predicted molar refractivity (Wildman–Crippen MR) is 104 cm³/mol. The average Bonchev–Trinajstić information content (AvgIpc) is 3.35. The Hall–Kier alpha value is -5.44. The van der Waals surface area contributed by atoms with Gasteiger partial charge in [0, 0.05) is 28.0 Å². The minimum atomic E-state index is -5.43. The van der Waals surface area contributed by atoms with Crippen molar-refractivity contribution in [3.8, 4) is 29.7 Å². The van der Waals surface area contributed by atoms with Crippen LogP contribution in [0.15, 0.2) is 22.5 Å². The van der Waals surface area contributed by atoms with Gasteiger partial charge >= 0.3 is 18.5 Å². The number of hydrogen-bond acceptors (Lipinski definition) is 5. The van der Waals surface area contributed by atoms with Gasteiger partial charge in [-0.15, -0.1) is 26.3 Å². The molecule has 0 atom stereocenters. The lowest BCUT2D eigenvalue weighted by Crippen LogP contribution is -2.31. The summed E-state index contributed by atoms with van der Waals surface area (Å²) in [6.45, 7) is 21.6. The van der Waals surface area contributed by atoms with Crippen LogP contribution in [-0.4, -0.2) is 12.7 Å². The standard InChI is InChI=1S/C22H4F6N6O2/c1-32-17-13(20(33-2)34-3)5-12-16(17)19(36-22(26,27)28)11-4-10(9(6-29)7-30)14(8-31)15(11)18(12)35-21(23,24)25/h4-5H2. The van der Waals surface area contributed by atoms with Crippen molar-refractivity contribution in [3.05, 3.63) is 78.4 Å². The number of alkyl halides is 6. The second-order valence-electron chi connectivity index (χ2n) is 6.86. The fourth-order valence-corrected chi connectivity index (χ4v) is 3.90. The molecule has 0 spiro atoms. The van der Waals surface area contributed by atoms with Crippen molar-refractivity contribution < 1.29 is 35.8 Å². The molecule has 0 radical (unpaired) electrons. The van der Waals surface area contributed by atoms with E-state index in [1.54, 1.807) is 0 Å². The molecule has 0 aromatic heterocycles. The number of nitriles is 3. The first-order chi connectivity index (χ1) is 16.8. The number of nitrogens with zero attached hydrogens (tertiary/aromatic N) is 6. The van der Waals surface area contributed by atoms with E-state index in [1.165, 1.54) is 18.2 Å². The lowest BCUT2D eigenvalue weighted by atomic mass is 10.0. The molecule has 0 unspecified atom stereocenters. The van der Waals surface area contributed by atoms with Crippen molar-refractivity contribution in [2.45, 2.75) is 25.6 Å². The van der Waals surface area contributed by atoms with Crippen molar-refractivity contribution in [3.63, 3.8) is 0 Å². The molecule has 36 heavy (non-hydrogen) atoms. The van der Waals surface area contributed by atoms with Gasteiger partial charge in [0.1, 0.15) is 48.4 Å². The van der Waals surface area contributed by atoms with Crippen LogP contribution in [0, 0.1) is 53.7 Å². The third-order valence-corrected chi connectivity index (χ3v) is 5.05. The van der Waals surface area contributed by atoms with Gasteiger partial charge in [-0.1, -0.05) is 0 Å². The zero-order valence-electron chi connectivity index (χ0n) is 17.2. The highest BCUT2D eigenvalue weighted by molar-refractivity contribution is 5.88. The van der Waals surface area contributed by atoms with E-state index in [1.807, 2.05) is 0 Å². The summed E-state index contributed by atoms with van der Waals surface area (Å²) >= 11 is 0. The summed E-state index contributed by atoms with van der Waals surface area (Å²) in [5.74, 6) is -3.08. The zero-order valence-corrected chi connectivity index (χ0v) is 17.2. The quantitative estimate of drug-likeness (QED) is 0.352. The highest BCUT2D eigenvalue weighted by Crippen LogP contribution is 2.40. The summed E-state index contributed by atoms with van der Waals surface area (Å²) in [5, 5.41) is 26.5. The number of halogens is 6. The summed E-state index contributed by atoms with van der Waals surface area (Å²) in [6, 6.07) is 4.38. The molecule has 1 aromatic rings. The predicted octanol–water partition coefficient (Wildman–Crippen LogP) is 3.69. The lowest BCUT2D eigenvalue weighted by molar-refractivity contribution is -0.277. The van der Waals surface area contributed by atoms with Crippen molar-refractivity contribution in [2.24, 2.45) is 0 Å². The van der Waals surface area contributed by atoms with E-state index in [0.29, 0.717) is 0 Å². The van der Waals surface area contributed by atoms with Gasteiger partial charge in [0.15, 0.2) is 5.70 Å². The molecule has 0 saturated heterocycles. The largest absolute Gasteiger partial charge is 0.573 e. The monoisotopic (exact) mass is 498 g/mol. The number of hydrogen-bond donors (Lipinski definition) is 0. The topological polar surface area (TPSA) is 103 Å². The Labute approximate surface area is 197 Å². The average molecular weight is 498 g/mol. The smallest absolute Gasteiger partial charge is 0.406 e. The summed E-state index contributed by atoms with van der Waals surface area (Å²) in [5.41, 5.74) is -4.47. The third-order valence-electron chi connectivity index (χ3n) is 5.05. The minimum Gasteiger partial charge on any atom is -0.406 e. The summed E-state index contributed by atoms with van der Waals surface area (Å²) in [4.78, 5) is 8.84. The second-order valence-corrected chi connectivity index (χ2v) is 6.86. The van der Waals surface area contributed by atoms with E-state index in [-0.39, 0.29) is 0 Å². The maximum atomic E-state index is 13.4. The fourth-order valence-electron chi connectivity index (χ4n) is 3.90. The van der Waals surface area contributed by atoms with E-state index in [0.717, 1.165) is 0 Å². The van der Waals surface area contributed by atoms with Crippen LogP contribution in [0.3, 0.4) is 0 Å². The summed E-state index contributed by atoms with van der Waals surface area (Å²) in [7, 11) is 0. The van der Waals surface area contributed by atoms with Crippen LogP contribution in [0.1, 0.15) is 11.1 Å². The van der Waals surface area contributed by atoms with Crippen molar-refractivity contribution in [2.75, 3.05) is 0 Å². The molecular formula is C22H4F6N6O2. The number of rotatable bonds is 2. The molecule has 1 aromatic carbocycles. The summed E-state index contributed by atoms with van der Waals surface area (Å²) < 4.78 is 88.7. The van der Waals surface area contributed by atoms with Crippen LogP contribution in [-0.2, 0) is 12.8 Å². The Kier molecular flexibility index (Phi) is 6.11. The van der Waals surface area contributed by atoms with Crippen molar-refractivity contribution in [1.29, 1.82) is 15.8 Å².